The lowest BCUT2D eigenvalue weighted by Crippen LogP contribution is -1.97. The summed E-state index contributed by atoms with van der Waals surface area (Å²) in [5.41, 5.74) is 10.1. The summed E-state index contributed by atoms with van der Waals surface area (Å²) in [4.78, 5) is 7.37. The molecule has 0 atom stereocenters. The number of hydrogen-bond donors (Lipinski definition) is 0. The second-order valence-corrected chi connectivity index (χ2v) is 10.7. The van der Waals surface area contributed by atoms with Crippen molar-refractivity contribution in [1.82, 2.24) is 9.13 Å². The van der Waals surface area contributed by atoms with Gasteiger partial charge in [-0.25, -0.2) is 9.69 Å². The molecule has 2 aromatic heterocycles. The Kier molecular flexibility index (Phi) is 5.56. The molecule has 6 aromatic carbocycles. The topological polar surface area (TPSA) is 42.4 Å². The Morgan fingerprint density at radius 1 is 0.523 bits per heavy atom. The van der Waals surface area contributed by atoms with Crippen molar-refractivity contribution in [2.24, 2.45) is 0 Å². The van der Waals surface area contributed by atoms with E-state index in [4.69, 9.17) is 13.1 Å². The lowest BCUT2D eigenvalue weighted by molar-refractivity contribution is 1.17. The zero-order chi connectivity index (χ0) is 29.8. The smallest absolute Gasteiger partial charge is 0.188 e. The van der Waals surface area contributed by atoms with Gasteiger partial charge in [-0.2, -0.15) is 5.26 Å². The molecule has 44 heavy (non-hydrogen) atoms. The molecule has 0 spiro atoms. The van der Waals surface area contributed by atoms with E-state index in [-0.39, 0.29) is 0 Å². The Morgan fingerprint density at radius 2 is 1.14 bits per heavy atom. The van der Waals surface area contributed by atoms with E-state index in [1.54, 1.807) is 0 Å². The highest BCUT2D eigenvalue weighted by molar-refractivity contribution is 6.12. The van der Waals surface area contributed by atoms with Gasteiger partial charge in [-0.1, -0.05) is 60.7 Å². The van der Waals surface area contributed by atoms with Crippen molar-refractivity contribution in [2.75, 3.05) is 0 Å². The molecule has 0 aliphatic carbocycles. The Balaban J connectivity index is 1.41. The number of hydrogen-bond acceptors (Lipinski definition) is 1. The van der Waals surface area contributed by atoms with Gasteiger partial charge in [0.15, 0.2) is 11.4 Å². The molecule has 0 N–H and O–H groups in total. The summed E-state index contributed by atoms with van der Waals surface area (Å²) in [6, 6.07) is 44.8. The molecule has 0 fully saturated rings. The molecule has 2 heterocycles. The zero-order valence-electron chi connectivity index (χ0n) is 23.4. The predicted molar refractivity (Wildman–Crippen MR) is 178 cm³/mol. The molecule has 0 aliphatic rings. The average Bonchev–Trinajstić information content (AvgIpc) is 3.59. The monoisotopic (exact) mass is 559 g/mol. The molecule has 202 valence electrons. The fourth-order valence-electron chi connectivity index (χ4n) is 6.41. The van der Waals surface area contributed by atoms with E-state index in [2.05, 4.69) is 85.6 Å². The summed E-state index contributed by atoms with van der Waals surface area (Å²) >= 11 is 0. The van der Waals surface area contributed by atoms with Gasteiger partial charge in [-0.3, -0.25) is 0 Å². The molecular weight excluding hydrogens is 538 g/mol. The summed E-state index contributed by atoms with van der Waals surface area (Å²) in [7, 11) is 0. The zero-order valence-corrected chi connectivity index (χ0v) is 23.4. The molecular formula is C39H21N5. The minimum absolute atomic E-state index is 0.596. The Morgan fingerprint density at radius 3 is 1.84 bits per heavy atom. The van der Waals surface area contributed by atoms with Crippen LogP contribution in [0.15, 0.2) is 127 Å². The van der Waals surface area contributed by atoms with Gasteiger partial charge in [0.1, 0.15) is 0 Å². The van der Waals surface area contributed by atoms with Gasteiger partial charge in [0.25, 0.3) is 0 Å². The number of benzene rings is 6. The summed E-state index contributed by atoms with van der Waals surface area (Å²) in [5, 5.41) is 13.6. The van der Waals surface area contributed by atoms with E-state index in [1.807, 2.05) is 66.7 Å². The Labute approximate surface area is 253 Å². The average molecular weight is 560 g/mol. The fourth-order valence-corrected chi connectivity index (χ4v) is 6.41. The molecule has 0 unspecified atom stereocenters. The van der Waals surface area contributed by atoms with Crippen molar-refractivity contribution < 1.29 is 0 Å². The number of nitrogens with zero attached hydrogens (tertiary/aromatic N) is 5. The van der Waals surface area contributed by atoms with E-state index in [0.717, 1.165) is 66.1 Å². The molecule has 8 aromatic rings. The molecule has 0 saturated heterocycles. The molecule has 0 aliphatic heterocycles. The van der Waals surface area contributed by atoms with Crippen LogP contribution in [0.2, 0.25) is 0 Å². The van der Waals surface area contributed by atoms with Crippen LogP contribution in [0.1, 0.15) is 5.56 Å². The van der Waals surface area contributed by atoms with E-state index < -0.39 is 0 Å². The van der Waals surface area contributed by atoms with Crippen molar-refractivity contribution in [2.45, 2.75) is 0 Å². The normalized spacial score (nSPS) is 11.1. The van der Waals surface area contributed by atoms with E-state index >= 15 is 0 Å². The molecule has 0 radical (unpaired) electrons. The van der Waals surface area contributed by atoms with Crippen molar-refractivity contribution in [3.05, 3.63) is 156 Å². The van der Waals surface area contributed by atoms with Gasteiger partial charge < -0.3 is 9.13 Å². The van der Waals surface area contributed by atoms with Gasteiger partial charge in [0, 0.05) is 22.0 Å². The minimum atomic E-state index is 0.596. The van der Waals surface area contributed by atoms with Crippen molar-refractivity contribution in [1.29, 1.82) is 5.26 Å². The largest absolute Gasteiger partial charge is 0.309 e. The first-order valence-electron chi connectivity index (χ1n) is 14.1. The number of rotatable bonds is 3. The van der Waals surface area contributed by atoms with Crippen LogP contribution in [-0.2, 0) is 0 Å². The maximum atomic E-state index is 9.39. The number of para-hydroxylation sites is 2. The molecule has 0 amide bonds. The maximum Gasteiger partial charge on any atom is 0.188 e. The van der Waals surface area contributed by atoms with Crippen LogP contribution in [0.5, 0.6) is 0 Å². The van der Waals surface area contributed by atoms with Crippen molar-refractivity contribution in [3.63, 3.8) is 0 Å². The van der Waals surface area contributed by atoms with Crippen LogP contribution >= 0.6 is 0 Å². The molecule has 8 rings (SSSR count). The van der Waals surface area contributed by atoms with Crippen molar-refractivity contribution in [3.8, 4) is 28.6 Å². The highest BCUT2D eigenvalue weighted by Crippen LogP contribution is 2.40. The van der Waals surface area contributed by atoms with Crippen LogP contribution in [0.4, 0.5) is 11.4 Å². The van der Waals surface area contributed by atoms with Crippen molar-refractivity contribution >= 4 is 55.0 Å². The molecule has 0 saturated carbocycles. The summed E-state index contributed by atoms with van der Waals surface area (Å²) < 4.78 is 4.49. The van der Waals surface area contributed by atoms with Crippen LogP contribution in [0, 0.1) is 24.5 Å². The second kappa shape index (κ2) is 9.74. The first-order valence-corrected chi connectivity index (χ1v) is 14.1. The van der Waals surface area contributed by atoms with E-state index in [0.29, 0.717) is 16.9 Å². The number of aromatic nitrogens is 2. The fraction of sp³-hybridized carbons (Fsp3) is 0. The highest BCUT2D eigenvalue weighted by atomic mass is 15.0. The predicted octanol–water partition coefficient (Wildman–Crippen LogP) is 10.5. The second-order valence-electron chi connectivity index (χ2n) is 10.7. The first-order chi connectivity index (χ1) is 21.7. The van der Waals surface area contributed by atoms with Gasteiger partial charge in [-0.15, -0.1) is 0 Å². The quantitative estimate of drug-likeness (QED) is 0.199. The highest BCUT2D eigenvalue weighted by Gasteiger charge is 2.18. The maximum absolute atomic E-state index is 9.39. The SMILES string of the molecule is [C-]#[N+]c1ccc2c(c1)c1ccc(-c3ccccc3-n3c4ccccc4c4cc([N+]#[C-])ccc43)cc1n2-c1ccc(C#N)cc1. The van der Waals surface area contributed by atoms with E-state index in [9.17, 15) is 5.26 Å². The third kappa shape index (κ3) is 3.70. The number of fused-ring (bicyclic) bond motifs is 6. The lowest BCUT2D eigenvalue weighted by atomic mass is 10.0. The molecule has 0 bridgehead atoms. The third-order valence-corrected chi connectivity index (χ3v) is 8.37. The minimum Gasteiger partial charge on any atom is -0.309 e. The van der Waals surface area contributed by atoms with Crippen LogP contribution < -0.4 is 0 Å². The summed E-state index contributed by atoms with van der Waals surface area (Å²) in [5.74, 6) is 0. The standard InChI is InChI=1S/C39H21N5/c1-41-27-14-19-37-34(23-27)32-18-13-26(21-39(32)43(37)29-16-11-25(24-40)12-17-29)30-7-3-5-9-35(30)44-36-10-6-4-8-31(36)33-22-28(42-2)15-20-38(33)44/h3-23H. The van der Waals surface area contributed by atoms with Crippen LogP contribution in [0.25, 0.3) is 75.8 Å². The molecule has 5 heteroatoms. The van der Waals surface area contributed by atoms with Gasteiger partial charge in [0.05, 0.1) is 52.5 Å². The van der Waals surface area contributed by atoms with Crippen LogP contribution in [0.3, 0.4) is 0 Å². The molecule has 5 nitrogen and oxygen atoms in total. The van der Waals surface area contributed by atoms with Gasteiger partial charge >= 0.3 is 0 Å². The van der Waals surface area contributed by atoms with Gasteiger partial charge in [-0.05, 0) is 83.1 Å². The summed E-state index contributed by atoms with van der Waals surface area (Å²) in [6.45, 7) is 15.1. The first kappa shape index (κ1) is 25.1. The number of nitriles is 1. The Hall–Kier alpha value is -6.61. The summed E-state index contributed by atoms with van der Waals surface area (Å²) in [6.07, 6.45) is 0. The van der Waals surface area contributed by atoms with Crippen LogP contribution in [-0.4, -0.2) is 9.13 Å². The lowest BCUT2D eigenvalue weighted by Gasteiger charge is -2.15. The Bertz CT molecular complexity index is 2580. The van der Waals surface area contributed by atoms with E-state index in [1.165, 1.54) is 0 Å². The third-order valence-electron chi connectivity index (χ3n) is 8.37. The van der Waals surface area contributed by atoms with Gasteiger partial charge in [0.2, 0.25) is 0 Å².